The standard InChI is InChI=1S/C32H62O4.2Na.2H/c1-3-5-7-9-11-13-15-17-19-21-23-25-29-35-31(33)27-28-32(34)36-30-26-24-22-20-18-16-14-12-10-8-6-4-2;;;;/h3-30H2,1-2H3;;;;/q;2*+1;2*-1. The third-order valence-corrected chi connectivity index (χ3v) is 7.06. The summed E-state index contributed by atoms with van der Waals surface area (Å²) in [6.45, 7) is 5.48. The number of carbonyl (C=O) groups excluding carboxylic acids is 2. The second-order valence-corrected chi connectivity index (χ2v) is 10.7. The van der Waals surface area contributed by atoms with E-state index in [1.54, 1.807) is 0 Å². The van der Waals surface area contributed by atoms with Crippen molar-refractivity contribution in [2.24, 2.45) is 0 Å². The van der Waals surface area contributed by atoms with Crippen LogP contribution in [0.25, 0.3) is 0 Å². The molecule has 0 amide bonds. The fraction of sp³-hybridized carbons (Fsp3) is 0.938. The van der Waals surface area contributed by atoms with Crippen LogP contribution in [0, 0.1) is 0 Å². The van der Waals surface area contributed by atoms with Crippen LogP contribution in [0.15, 0.2) is 0 Å². The van der Waals surface area contributed by atoms with Crippen LogP contribution in [-0.4, -0.2) is 25.2 Å². The summed E-state index contributed by atoms with van der Waals surface area (Å²) in [6.07, 6.45) is 31.3. The number of carbonyl (C=O) groups is 2. The van der Waals surface area contributed by atoms with Gasteiger partial charge in [-0.05, 0) is 12.8 Å². The summed E-state index contributed by atoms with van der Waals surface area (Å²) in [5.74, 6) is -0.555. The van der Waals surface area contributed by atoms with Gasteiger partial charge in [-0.25, -0.2) is 0 Å². The molecule has 0 heterocycles. The smallest absolute Gasteiger partial charge is 1.00 e. The van der Waals surface area contributed by atoms with Gasteiger partial charge in [0.05, 0.1) is 26.1 Å². The summed E-state index contributed by atoms with van der Waals surface area (Å²) < 4.78 is 10.5. The van der Waals surface area contributed by atoms with E-state index in [2.05, 4.69) is 13.8 Å². The van der Waals surface area contributed by atoms with Crippen molar-refractivity contribution >= 4 is 11.9 Å². The third kappa shape index (κ3) is 36.9. The molecule has 0 aromatic heterocycles. The van der Waals surface area contributed by atoms with Gasteiger partial charge < -0.3 is 12.3 Å². The summed E-state index contributed by atoms with van der Waals surface area (Å²) >= 11 is 0. The van der Waals surface area contributed by atoms with Crippen LogP contribution < -0.4 is 59.1 Å². The van der Waals surface area contributed by atoms with E-state index < -0.39 is 0 Å². The normalized spacial score (nSPS) is 10.5. The predicted molar refractivity (Wildman–Crippen MR) is 156 cm³/mol. The fourth-order valence-electron chi connectivity index (χ4n) is 4.61. The van der Waals surface area contributed by atoms with E-state index in [0.717, 1.165) is 25.7 Å². The molecule has 0 spiro atoms. The van der Waals surface area contributed by atoms with Crippen LogP contribution in [0.2, 0.25) is 0 Å². The zero-order valence-corrected chi connectivity index (χ0v) is 30.4. The maximum absolute atomic E-state index is 11.8. The van der Waals surface area contributed by atoms with Crippen molar-refractivity contribution < 1.29 is 81.0 Å². The van der Waals surface area contributed by atoms with E-state index in [-0.39, 0.29) is 86.7 Å². The van der Waals surface area contributed by atoms with Gasteiger partial charge in [-0.1, -0.05) is 155 Å². The molecule has 0 N–H and O–H groups in total. The zero-order valence-electron chi connectivity index (χ0n) is 28.4. The molecule has 0 bridgehead atoms. The number of ether oxygens (including phenoxy) is 2. The molecule has 0 fully saturated rings. The molecule has 4 nitrogen and oxygen atoms in total. The van der Waals surface area contributed by atoms with Gasteiger partial charge in [0.2, 0.25) is 0 Å². The number of hydrogen-bond acceptors (Lipinski definition) is 4. The molecule has 0 rings (SSSR count). The van der Waals surface area contributed by atoms with Gasteiger partial charge in [0, 0.05) is 0 Å². The van der Waals surface area contributed by atoms with Crippen LogP contribution in [0.4, 0.5) is 0 Å². The molecular formula is C32H64Na2O4. The second-order valence-electron chi connectivity index (χ2n) is 10.7. The third-order valence-electron chi connectivity index (χ3n) is 7.06. The first-order valence-electron chi connectivity index (χ1n) is 16.0. The van der Waals surface area contributed by atoms with Crippen molar-refractivity contribution in [3.63, 3.8) is 0 Å². The minimum absolute atomic E-state index is 0. The summed E-state index contributed by atoms with van der Waals surface area (Å²) in [7, 11) is 0. The van der Waals surface area contributed by atoms with Crippen LogP contribution >= 0.6 is 0 Å². The topological polar surface area (TPSA) is 52.6 Å². The molecule has 0 saturated carbocycles. The molecular weight excluding hydrogens is 494 g/mol. The molecule has 0 atom stereocenters. The van der Waals surface area contributed by atoms with Crippen LogP contribution in [0.5, 0.6) is 0 Å². The first kappa shape index (κ1) is 43.4. The van der Waals surface area contributed by atoms with Crippen molar-refractivity contribution in [2.45, 2.75) is 181 Å². The second kappa shape index (κ2) is 37.9. The van der Waals surface area contributed by atoms with Crippen molar-refractivity contribution in [3.8, 4) is 0 Å². The average molecular weight is 559 g/mol. The Morgan fingerprint density at radius 1 is 0.395 bits per heavy atom. The Labute approximate surface area is 284 Å². The fourth-order valence-corrected chi connectivity index (χ4v) is 4.61. The van der Waals surface area contributed by atoms with Gasteiger partial charge in [0.15, 0.2) is 0 Å². The Kier molecular flexibility index (Phi) is 43.3. The summed E-state index contributed by atoms with van der Waals surface area (Å²) in [4.78, 5) is 23.6. The molecule has 0 aromatic carbocycles. The average Bonchev–Trinajstić information content (AvgIpc) is 2.88. The van der Waals surface area contributed by atoms with Gasteiger partial charge in [-0.2, -0.15) is 0 Å². The summed E-state index contributed by atoms with van der Waals surface area (Å²) in [5.41, 5.74) is 0. The van der Waals surface area contributed by atoms with Gasteiger partial charge in [0.1, 0.15) is 0 Å². The Morgan fingerprint density at radius 2 is 0.605 bits per heavy atom. The van der Waals surface area contributed by atoms with E-state index in [1.165, 1.54) is 128 Å². The molecule has 0 aliphatic heterocycles. The summed E-state index contributed by atoms with van der Waals surface area (Å²) in [6, 6.07) is 0. The Morgan fingerprint density at radius 3 is 0.842 bits per heavy atom. The van der Waals surface area contributed by atoms with Gasteiger partial charge >= 0.3 is 71.1 Å². The van der Waals surface area contributed by atoms with Crippen molar-refractivity contribution in [1.82, 2.24) is 0 Å². The van der Waals surface area contributed by atoms with Crippen LogP contribution in [0.3, 0.4) is 0 Å². The van der Waals surface area contributed by atoms with E-state index in [0.29, 0.717) is 13.2 Å². The first-order chi connectivity index (χ1) is 17.7. The monoisotopic (exact) mass is 558 g/mol. The Balaban J connectivity index is -0.00000102. The SMILES string of the molecule is CCCCCCCCCCCCCCOC(=O)CCC(=O)OCCCCCCCCCCCCCC.[H-].[H-].[Na+].[Na+]. The van der Waals surface area contributed by atoms with Gasteiger partial charge in [0.25, 0.3) is 0 Å². The number of esters is 2. The van der Waals surface area contributed by atoms with Gasteiger partial charge in [-0.15, -0.1) is 0 Å². The minimum Gasteiger partial charge on any atom is -1.00 e. The molecule has 0 radical (unpaired) electrons. The summed E-state index contributed by atoms with van der Waals surface area (Å²) in [5, 5.41) is 0. The first-order valence-corrected chi connectivity index (χ1v) is 16.0. The predicted octanol–water partition coefficient (Wildman–Crippen LogP) is 4.49. The van der Waals surface area contributed by atoms with E-state index in [1.807, 2.05) is 0 Å². The van der Waals surface area contributed by atoms with E-state index in [4.69, 9.17) is 9.47 Å². The number of hydrogen-bond donors (Lipinski definition) is 0. The number of rotatable bonds is 29. The van der Waals surface area contributed by atoms with Crippen molar-refractivity contribution in [1.29, 1.82) is 0 Å². The Hall–Kier alpha value is 0.940. The molecule has 0 saturated heterocycles. The van der Waals surface area contributed by atoms with Crippen molar-refractivity contribution in [2.75, 3.05) is 13.2 Å². The quantitative estimate of drug-likeness (QED) is 0.0772. The molecule has 0 aromatic rings. The van der Waals surface area contributed by atoms with Crippen LogP contribution in [-0.2, 0) is 19.1 Å². The zero-order chi connectivity index (χ0) is 26.4. The molecule has 6 heteroatoms. The molecule has 0 aliphatic rings. The largest absolute Gasteiger partial charge is 1.00 e. The van der Waals surface area contributed by atoms with Crippen molar-refractivity contribution in [3.05, 3.63) is 0 Å². The van der Waals surface area contributed by atoms with Crippen LogP contribution in [0.1, 0.15) is 184 Å². The maximum Gasteiger partial charge on any atom is 1.00 e. The molecule has 218 valence electrons. The minimum atomic E-state index is -0.277. The molecule has 0 unspecified atom stereocenters. The Bertz CT molecular complexity index is 444. The van der Waals surface area contributed by atoms with E-state index in [9.17, 15) is 9.59 Å². The number of unbranched alkanes of at least 4 members (excludes halogenated alkanes) is 22. The molecule has 0 aliphatic carbocycles. The van der Waals surface area contributed by atoms with Gasteiger partial charge in [-0.3, -0.25) is 9.59 Å². The van der Waals surface area contributed by atoms with E-state index >= 15 is 0 Å². The molecule has 38 heavy (non-hydrogen) atoms. The maximum atomic E-state index is 11.8.